The van der Waals surface area contributed by atoms with Crippen LogP contribution in [-0.2, 0) is 0 Å². The topological polar surface area (TPSA) is 62.1 Å². The molecular formula is C22H26N4O2. The van der Waals surface area contributed by atoms with Crippen LogP contribution in [0, 0.1) is 6.92 Å². The number of rotatable bonds is 5. The van der Waals surface area contributed by atoms with Crippen LogP contribution in [0.2, 0.25) is 0 Å². The van der Waals surface area contributed by atoms with Crippen LogP contribution < -0.4 is 9.47 Å². The number of methoxy groups -OCH3 is 2. The summed E-state index contributed by atoms with van der Waals surface area (Å²) >= 11 is 0. The summed E-state index contributed by atoms with van der Waals surface area (Å²) in [5.41, 5.74) is 2.95. The van der Waals surface area contributed by atoms with E-state index in [1.807, 2.05) is 37.4 Å². The maximum absolute atomic E-state index is 5.45. The van der Waals surface area contributed by atoms with E-state index in [0.717, 1.165) is 28.5 Å². The lowest BCUT2D eigenvalue weighted by Gasteiger charge is -2.25. The van der Waals surface area contributed by atoms with Gasteiger partial charge in [0.2, 0.25) is 0 Å². The predicted molar refractivity (Wildman–Crippen MR) is 109 cm³/mol. The van der Waals surface area contributed by atoms with Crippen LogP contribution >= 0.6 is 0 Å². The standard InChI is InChI=1S/C22H26N4O2/c1-15-24-25-22(26(15)18-7-5-4-6-8-18)19-13-17(11-12-23-19)16-9-10-20(27-2)21(14-16)28-3/h9-14,18H,4-8H2,1-3H3. The number of hydrogen-bond donors (Lipinski definition) is 0. The van der Waals surface area contributed by atoms with Crippen molar-refractivity contribution in [1.82, 2.24) is 19.7 Å². The summed E-state index contributed by atoms with van der Waals surface area (Å²) in [5, 5.41) is 8.82. The Morgan fingerprint density at radius 3 is 2.39 bits per heavy atom. The molecule has 0 unspecified atom stereocenters. The van der Waals surface area contributed by atoms with E-state index in [1.165, 1.54) is 32.1 Å². The lowest BCUT2D eigenvalue weighted by atomic mass is 9.95. The Morgan fingerprint density at radius 1 is 0.893 bits per heavy atom. The first-order chi connectivity index (χ1) is 13.7. The Kier molecular flexibility index (Phi) is 5.28. The molecular weight excluding hydrogens is 352 g/mol. The summed E-state index contributed by atoms with van der Waals surface area (Å²) in [6.07, 6.45) is 8.04. The molecule has 3 aromatic rings. The molecule has 0 saturated heterocycles. The average Bonchev–Trinajstić information content (AvgIpc) is 3.15. The Bertz CT molecular complexity index is 961. The third kappa shape index (κ3) is 3.46. The Balaban J connectivity index is 1.72. The third-order valence-electron chi connectivity index (χ3n) is 5.51. The second-order valence-corrected chi connectivity index (χ2v) is 7.23. The molecule has 0 aliphatic heterocycles. The van der Waals surface area contributed by atoms with Gasteiger partial charge in [0.25, 0.3) is 0 Å². The molecule has 1 aromatic carbocycles. The summed E-state index contributed by atoms with van der Waals surface area (Å²) in [6.45, 7) is 2.03. The fourth-order valence-electron chi connectivity index (χ4n) is 4.07. The van der Waals surface area contributed by atoms with Crippen molar-refractivity contribution in [1.29, 1.82) is 0 Å². The Morgan fingerprint density at radius 2 is 1.64 bits per heavy atom. The van der Waals surface area contributed by atoms with E-state index in [2.05, 4.69) is 25.8 Å². The highest BCUT2D eigenvalue weighted by molar-refractivity contribution is 5.70. The van der Waals surface area contributed by atoms with Gasteiger partial charge in [-0.05, 0) is 55.2 Å². The van der Waals surface area contributed by atoms with Gasteiger partial charge >= 0.3 is 0 Å². The van der Waals surface area contributed by atoms with Crippen molar-refractivity contribution >= 4 is 0 Å². The molecule has 0 N–H and O–H groups in total. The predicted octanol–water partition coefficient (Wildman–Crippen LogP) is 4.84. The summed E-state index contributed by atoms with van der Waals surface area (Å²) < 4.78 is 13.1. The molecule has 1 fully saturated rings. The van der Waals surface area contributed by atoms with Gasteiger partial charge in [0.15, 0.2) is 17.3 Å². The van der Waals surface area contributed by atoms with E-state index in [0.29, 0.717) is 17.5 Å². The molecule has 146 valence electrons. The fraction of sp³-hybridized carbons (Fsp3) is 0.409. The maximum atomic E-state index is 5.45. The van der Waals surface area contributed by atoms with E-state index in [1.54, 1.807) is 14.2 Å². The third-order valence-corrected chi connectivity index (χ3v) is 5.51. The van der Waals surface area contributed by atoms with Gasteiger partial charge in [-0.2, -0.15) is 0 Å². The number of ether oxygens (including phenoxy) is 2. The maximum Gasteiger partial charge on any atom is 0.182 e. The molecule has 1 saturated carbocycles. The fourth-order valence-corrected chi connectivity index (χ4v) is 4.07. The number of aromatic nitrogens is 4. The van der Waals surface area contributed by atoms with Crippen molar-refractivity contribution in [3.63, 3.8) is 0 Å². The molecule has 0 atom stereocenters. The molecule has 1 aliphatic rings. The van der Waals surface area contributed by atoms with E-state index in [4.69, 9.17) is 9.47 Å². The summed E-state index contributed by atoms with van der Waals surface area (Å²) in [5.74, 6) is 3.24. The quantitative estimate of drug-likeness (QED) is 0.636. The van der Waals surface area contributed by atoms with Gasteiger partial charge in [-0.25, -0.2) is 0 Å². The monoisotopic (exact) mass is 378 g/mol. The number of nitrogens with zero attached hydrogens (tertiary/aromatic N) is 4. The van der Waals surface area contributed by atoms with Crippen LogP contribution in [0.1, 0.15) is 44.0 Å². The van der Waals surface area contributed by atoms with Crippen molar-refractivity contribution in [2.75, 3.05) is 14.2 Å². The summed E-state index contributed by atoms with van der Waals surface area (Å²) in [4.78, 5) is 4.60. The molecule has 2 heterocycles. The minimum atomic E-state index is 0.463. The zero-order chi connectivity index (χ0) is 19.5. The Labute approximate surface area is 165 Å². The first-order valence-corrected chi connectivity index (χ1v) is 9.81. The highest BCUT2D eigenvalue weighted by Crippen LogP contribution is 2.35. The smallest absolute Gasteiger partial charge is 0.182 e. The number of pyridine rings is 1. The van der Waals surface area contributed by atoms with Crippen molar-refractivity contribution in [2.24, 2.45) is 0 Å². The normalized spacial score (nSPS) is 14.8. The van der Waals surface area contributed by atoms with Crippen molar-refractivity contribution < 1.29 is 9.47 Å². The highest BCUT2D eigenvalue weighted by atomic mass is 16.5. The molecule has 6 heteroatoms. The van der Waals surface area contributed by atoms with Gasteiger partial charge < -0.3 is 14.0 Å². The lowest BCUT2D eigenvalue weighted by Crippen LogP contribution is -2.15. The molecule has 0 radical (unpaired) electrons. The minimum absolute atomic E-state index is 0.463. The van der Waals surface area contributed by atoms with Gasteiger partial charge in [0, 0.05) is 12.2 Å². The summed E-state index contributed by atoms with van der Waals surface area (Å²) in [7, 11) is 3.29. The van der Waals surface area contributed by atoms with E-state index < -0.39 is 0 Å². The summed E-state index contributed by atoms with van der Waals surface area (Å²) in [6, 6.07) is 10.5. The number of aryl methyl sites for hydroxylation is 1. The van der Waals surface area contributed by atoms with E-state index in [9.17, 15) is 0 Å². The lowest BCUT2D eigenvalue weighted by molar-refractivity contribution is 0.350. The highest BCUT2D eigenvalue weighted by Gasteiger charge is 2.22. The Hall–Kier alpha value is -2.89. The van der Waals surface area contributed by atoms with Crippen LogP contribution in [0.15, 0.2) is 36.5 Å². The zero-order valence-electron chi connectivity index (χ0n) is 16.7. The van der Waals surface area contributed by atoms with Gasteiger partial charge in [-0.15, -0.1) is 10.2 Å². The largest absolute Gasteiger partial charge is 0.493 e. The number of hydrogen-bond acceptors (Lipinski definition) is 5. The molecule has 2 aromatic heterocycles. The minimum Gasteiger partial charge on any atom is -0.493 e. The van der Waals surface area contributed by atoms with E-state index in [-0.39, 0.29) is 0 Å². The molecule has 0 amide bonds. The van der Waals surface area contributed by atoms with E-state index >= 15 is 0 Å². The number of benzene rings is 1. The SMILES string of the molecule is COc1ccc(-c2ccnc(-c3nnc(C)n3C3CCCCC3)c2)cc1OC. The van der Waals surface area contributed by atoms with Gasteiger partial charge in [0.05, 0.1) is 14.2 Å². The molecule has 4 rings (SSSR count). The van der Waals surface area contributed by atoms with Crippen LogP contribution in [-0.4, -0.2) is 34.0 Å². The van der Waals surface area contributed by atoms with Crippen LogP contribution in [0.3, 0.4) is 0 Å². The molecule has 0 spiro atoms. The van der Waals surface area contributed by atoms with Crippen LogP contribution in [0.25, 0.3) is 22.6 Å². The van der Waals surface area contributed by atoms with Crippen molar-refractivity contribution in [3.8, 4) is 34.1 Å². The first-order valence-electron chi connectivity index (χ1n) is 9.81. The molecule has 6 nitrogen and oxygen atoms in total. The average molecular weight is 378 g/mol. The second kappa shape index (κ2) is 8.00. The van der Waals surface area contributed by atoms with Crippen LogP contribution in [0.5, 0.6) is 11.5 Å². The zero-order valence-corrected chi connectivity index (χ0v) is 16.7. The van der Waals surface area contributed by atoms with Gasteiger partial charge in [-0.1, -0.05) is 25.3 Å². The van der Waals surface area contributed by atoms with Crippen LogP contribution in [0.4, 0.5) is 0 Å². The molecule has 28 heavy (non-hydrogen) atoms. The molecule has 0 bridgehead atoms. The van der Waals surface area contributed by atoms with Crippen molar-refractivity contribution in [2.45, 2.75) is 45.1 Å². The first kappa shape index (κ1) is 18.5. The molecule has 1 aliphatic carbocycles. The van der Waals surface area contributed by atoms with Gasteiger partial charge in [0.1, 0.15) is 11.5 Å². The van der Waals surface area contributed by atoms with Gasteiger partial charge in [-0.3, -0.25) is 4.98 Å². The van der Waals surface area contributed by atoms with Crippen molar-refractivity contribution in [3.05, 3.63) is 42.4 Å². The second-order valence-electron chi connectivity index (χ2n) is 7.23.